The number of hydrogen-bond acceptors (Lipinski definition) is 7. The number of halogens is 1. The van der Waals surface area contributed by atoms with Crippen molar-refractivity contribution in [1.29, 1.82) is 0 Å². The molecule has 0 unspecified atom stereocenters. The number of nitrogens with one attached hydrogen (secondary N) is 2. The predicted molar refractivity (Wildman–Crippen MR) is 187 cm³/mol. The van der Waals surface area contributed by atoms with Gasteiger partial charge in [-0.15, -0.1) is 0 Å². The molecule has 0 fully saturated rings. The number of esters is 2. The van der Waals surface area contributed by atoms with Crippen molar-refractivity contribution in [2.45, 2.75) is 6.92 Å². The van der Waals surface area contributed by atoms with E-state index in [2.05, 4.69) is 31.8 Å². The number of anilines is 1. The number of hydrogen-bond donors (Lipinski definition) is 2. The molecule has 5 aromatic rings. The summed E-state index contributed by atoms with van der Waals surface area (Å²) in [6.45, 7) is 1.91. The third-order valence-electron chi connectivity index (χ3n) is 6.79. The van der Waals surface area contributed by atoms with Crippen LogP contribution in [-0.2, 0) is 4.79 Å². The summed E-state index contributed by atoms with van der Waals surface area (Å²) in [4.78, 5) is 50.5. The molecule has 10 heteroatoms. The molecule has 5 rings (SSSR count). The molecule has 9 nitrogen and oxygen atoms in total. The minimum Gasteiger partial charge on any atom is -0.423 e. The average molecular weight is 703 g/mol. The van der Waals surface area contributed by atoms with Crippen molar-refractivity contribution in [3.63, 3.8) is 0 Å². The van der Waals surface area contributed by atoms with Crippen LogP contribution >= 0.6 is 15.9 Å². The van der Waals surface area contributed by atoms with E-state index in [1.807, 2.05) is 19.1 Å². The number of carbonyl (C=O) groups excluding carboxylic acids is 4. The molecule has 2 N–H and O–H groups in total. The fourth-order valence-corrected chi connectivity index (χ4v) is 4.62. The molecule has 0 saturated carbocycles. The Morgan fingerprint density at radius 2 is 1.31 bits per heavy atom. The quantitative estimate of drug-likeness (QED) is 0.0508. The van der Waals surface area contributed by atoms with Gasteiger partial charge in [0.25, 0.3) is 11.8 Å². The highest BCUT2D eigenvalue weighted by Crippen LogP contribution is 2.22. The number of benzene rings is 5. The Balaban J connectivity index is 1.17. The van der Waals surface area contributed by atoms with E-state index >= 15 is 0 Å². The lowest BCUT2D eigenvalue weighted by molar-refractivity contribution is -0.128. The zero-order valence-electron chi connectivity index (χ0n) is 25.6. The highest BCUT2D eigenvalue weighted by atomic mass is 79.9. The molecule has 2 amide bonds. The molecular formula is C38H28BrN3O6. The first-order chi connectivity index (χ1) is 23.2. The van der Waals surface area contributed by atoms with Crippen LogP contribution in [0.2, 0.25) is 0 Å². The van der Waals surface area contributed by atoms with Crippen molar-refractivity contribution >= 4 is 57.7 Å². The van der Waals surface area contributed by atoms with E-state index < -0.39 is 17.8 Å². The number of carbonyl (C=O) groups is 4. The summed E-state index contributed by atoms with van der Waals surface area (Å²) in [6, 6.07) is 33.9. The van der Waals surface area contributed by atoms with Gasteiger partial charge in [-0.2, -0.15) is 5.10 Å². The monoisotopic (exact) mass is 701 g/mol. The zero-order chi connectivity index (χ0) is 33.9. The first kappa shape index (κ1) is 33.2. The minimum atomic E-state index is -0.677. The van der Waals surface area contributed by atoms with Gasteiger partial charge in [-0.25, -0.2) is 15.0 Å². The van der Waals surface area contributed by atoms with Gasteiger partial charge in [0.1, 0.15) is 11.5 Å². The van der Waals surface area contributed by atoms with Crippen LogP contribution in [0.4, 0.5) is 5.69 Å². The van der Waals surface area contributed by atoms with E-state index in [1.165, 1.54) is 18.4 Å². The van der Waals surface area contributed by atoms with E-state index in [4.69, 9.17) is 9.47 Å². The smallest absolute Gasteiger partial charge is 0.343 e. The molecule has 238 valence electrons. The number of ether oxygens (including phenoxy) is 2. The van der Waals surface area contributed by atoms with Crippen molar-refractivity contribution in [2.24, 2.45) is 5.10 Å². The van der Waals surface area contributed by atoms with E-state index in [0.29, 0.717) is 33.5 Å². The van der Waals surface area contributed by atoms with Crippen molar-refractivity contribution < 1.29 is 28.7 Å². The number of aryl methyl sites for hydroxylation is 1. The van der Waals surface area contributed by atoms with Crippen LogP contribution in [0, 0.1) is 6.92 Å². The summed E-state index contributed by atoms with van der Waals surface area (Å²) in [7, 11) is 0. The van der Waals surface area contributed by atoms with Crippen LogP contribution in [0.5, 0.6) is 11.5 Å². The molecule has 0 radical (unpaired) electrons. The summed E-state index contributed by atoms with van der Waals surface area (Å²) in [5.74, 6) is -1.44. The van der Waals surface area contributed by atoms with Gasteiger partial charge in [0.15, 0.2) is 0 Å². The Morgan fingerprint density at radius 3 is 2.02 bits per heavy atom. The molecule has 0 bridgehead atoms. The maximum Gasteiger partial charge on any atom is 0.343 e. The molecular weight excluding hydrogens is 674 g/mol. The normalized spacial score (nSPS) is 10.9. The van der Waals surface area contributed by atoms with Gasteiger partial charge in [-0.3, -0.25) is 9.59 Å². The average Bonchev–Trinajstić information content (AvgIpc) is 3.09. The number of hydrazone groups is 1. The Kier molecular flexibility index (Phi) is 11.0. The van der Waals surface area contributed by atoms with Crippen molar-refractivity contribution in [3.8, 4) is 11.5 Å². The molecule has 0 spiro atoms. The molecule has 5 aromatic carbocycles. The molecule has 0 aromatic heterocycles. The van der Waals surface area contributed by atoms with Gasteiger partial charge in [-0.05, 0) is 91.9 Å². The van der Waals surface area contributed by atoms with Crippen LogP contribution in [0.15, 0.2) is 137 Å². The first-order valence-corrected chi connectivity index (χ1v) is 15.4. The molecule has 0 aliphatic heterocycles. The Morgan fingerprint density at radius 1 is 0.667 bits per heavy atom. The molecule has 0 aliphatic carbocycles. The topological polar surface area (TPSA) is 123 Å². The summed E-state index contributed by atoms with van der Waals surface area (Å²) >= 11 is 3.34. The Bertz CT molecular complexity index is 2020. The zero-order valence-corrected chi connectivity index (χ0v) is 27.1. The summed E-state index contributed by atoms with van der Waals surface area (Å²) in [5.41, 5.74) is 6.15. The van der Waals surface area contributed by atoms with Gasteiger partial charge in [0.05, 0.1) is 11.8 Å². The number of nitrogens with zero attached hydrogens (tertiary/aromatic N) is 1. The second kappa shape index (κ2) is 15.9. The number of para-hydroxylation sites is 2. The Hall–Kier alpha value is -6.13. The van der Waals surface area contributed by atoms with E-state index in [-0.39, 0.29) is 17.4 Å². The fraction of sp³-hybridized carbons (Fsp3) is 0.0263. The van der Waals surface area contributed by atoms with Crippen LogP contribution in [0.1, 0.15) is 47.8 Å². The molecule has 48 heavy (non-hydrogen) atoms. The SMILES string of the molecule is Cc1cccc(C(=O)Nc2ccc(C(=O)N/N=C/c3ccccc3OC(=O)/C=C/c3ccccc3OC(=O)c3ccc(Br)cc3)cc2)c1. The minimum absolute atomic E-state index is 0.216. The third-order valence-corrected chi connectivity index (χ3v) is 7.31. The third kappa shape index (κ3) is 9.21. The number of rotatable bonds is 10. The van der Waals surface area contributed by atoms with Gasteiger partial charge >= 0.3 is 11.9 Å². The fourth-order valence-electron chi connectivity index (χ4n) is 4.36. The largest absolute Gasteiger partial charge is 0.423 e. The first-order valence-electron chi connectivity index (χ1n) is 14.6. The van der Waals surface area contributed by atoms with Gasteiger partial charge in [0.2, 0.25) is 0 Å². The summed E-state index contributed by atoms with van der Waals surface area (Å²) in [5, 5.41) is 6.82. The predicted octanol–water partition coefficient (Wildman–Crippen LogP) is 7.61. The van der Waals surface area contributed by atoms with Gasteiger partial charge in [0, 0.05) is 38.5 Å². The summed E-state index contributed by atoms with van der Waals surface area (Å²) in [6.07, 6.45) is 4.06. The second-order valence-corrected chi connectivity index (χ2v) is 11.2. The van der Waals surface area contributed by atoms with E-state index in [0.717, 1.165) is 10.0 Å². The maximum absolute atomic E-state index is 12.7. The lowest BCUT2D eigenvalue weighted by Gasteiger charge is -2.08. The van der Waals surface area contributed by atoms with Gasteiger partial charge in [-0.1, -0.05) is 64.0 Å². The Labute approximate surface area is 285 Å². The molecule has 0 atom stereocenters. The molecule has 0 saturated heterocycles. The van der Waals surface area contributed by atoms with Crippen molar-refractivity contribution in [3.05, 3.63) is 165 Å². The van der Waals surface area contributed by atoms with Gasteiger partial charge < -0.3 is 14.8 Å². The number of amides is 2. The van der Waals surface area contributed by atoms with Crippen molar-refractivity contribution in [1.82, 2.24) is 5.43 Å². The van der Waals surface area contributed by atoms with Crippen molar-refractivity contribution in [2.75, 3.05) is 5.32 Å². The second-order valence-electron chi connectivity index (χ2n) is 10.3. The lowest BCUT2D eigenvalue weighted by atomic mass is 10.1. The van der Waals surface area contributed by atoms with Crippen LogP contribution in [0.3, 0.4) is 0 Å². The van der Waals surface area contributed by atoms with E-state index in [1.54, 1.807) is 109 Å². The summed E-state index contributed by atoms with van der Waals surface area (Å²) < 4.78 is 11.9. The lowest BCUT2D eigenvalue weighted by Crippen LogP contribution is -2.18. The highest BCUT2D eigenvalue weighted by Gasteiger charge is 2.12. The molecule has 0 heterocycles. The highest BCUT2D eigenvalue weighted by molar-refractivity contribution is 9.10. The van der Waals surface area contributed by atoms with Crippen LogP contribution in [-0.4, -0.2) is 30.0 Å². The maximum atomic E-state index is 12.7. The van der Waals surface area contributed by atoms with Crippen LogP contribution in [0.25, 0.3) is 6.08 Å². The standard InChI is InChI=1S/C38H28BrN3O6/c1-25-7-6-10-29(23-25)36(44)41-32-20-15-27(16-21-32)37(45)42-40-24-30-9-3-5-12-34(30)47-35(43)22-17-26-8-2-4-11-33(26)48-38(46)28-13-18-31(39)19-14-28/h2-24H,1H3,(H,41,44)(H,42,45)/b22-17+,40-24+. The molecule has 0 aliphatic rings. The van der Waals surface area contributed by atoms with E-state index in [9.17, 15) is 19.2 Å². The van der Waals surface area contributed by atoms with Crippen LogP contribution < -0.4 is 20.2 Å².